The van der Waals surface area contributed by atoms with E-state index in [9.17, 15) is 0 Å². The first kappa shape index (κ1) is 19.1. The van der Waals surface area contributed by atoms with Crippen molar-refractivity contribution in [2.75, 3.05) is 45.8 Å². The van der Waals surface area contributed by atoms with E-state index in [1.165, 1.54) is 56.8 Å². The summed E-state index contributed by atoms with van der Waals surface area (Å²) >= 11 is 0. The normalized spacial score (nSPS) is 16.2. The first-order valence-corrected chi connectivity index (χ1v) is 10.1. The molecule has 2 aromatic carbocycles. The van der Waals surface area contributed by atoms with Gasteiger partial charge in [-0.05, 0) is 24.1 Å². The van der Waals surface area contributed by atoms with Crippen LogP contribution in [0.1, 0.15) is 24.5 Å². The number of nitrogens with zero attached hydrogens (tertiary/aromatic N) is 3. The van der Waals surface area contributed by atoms with Gasteiger partial charge in [0.05, 0.1) is 0 Å². The van der Waals surface area contributed by atoms with Gasteiger partial charge in [-0.2, -0.15) is 0 Å². The fourth-order valence-corrected chi connectivity index (χ4v) is 3.73. The highest BCUT2D eigenvalue weighted by atomic mass is 15.3. The van der Waals surface area contributed by atoms with Crippen molar-refractivity contribution in [1.29, 1.82) is 0 Å². The van der Waals surface area contributed by atoms with E-state index in [0.29, 0.717) is 0 Å². The van der Waals surface area contributed by atoms with E-state index in [0.717, 1.165) is 19.6 Å². The van der Waals surface area contributed by atoms with Gasteiger partial charge < -0.3 is 4.90 Å². The fraction of sp³-hybridized carbons (Fsp3) is 0.478. The second-order valence-electron chi connectivity index (χ2n) is 7.37. The van der Waals surface area contributed by atoms with E-state index in [1.54, 1.807) is 0 Å². The smallest absolute Gasteiger partial charge is 0.0237 e. The van der Waals surface area contributed by atoms with Crippen LogP contribution < -0.4 is 0 Å². The molecule has 1 fully saturated rings. The molecule has 1 saturated heterocycles. The SMILES string of the molecule is CCCN1CCN(CCN(Cc2ccccc2)Cc2ccccc2)CC1. The Kier molecular flexibility index (Phi) is 7.68. The number of rotatable bonds is 9. The zero-order valence-electron chi connectivity index (χ0n) is 16.2. The van der Waals surface area contributed by atoms with Crippen molar-refractivity contribution in [3.05, 3.63) is 71.8 Å². The van der Waals surface area contributed by atoms with E-state index >= 15 is 0 Å². The highest BCUT2D eigenvalue weighted by Gasteiger charge is 2.17. The molecule has 1 aliphatic heterocycles. The summed E-state index contributed by atoms with van der Waals surface area (Å²) in [4.78, 5) is 7.82. The van der Waals surface area contributed by atoms with Crippen molar-refractivity contribution < 1.29 is 0 Å². The van der Waals surface area contributed by atoms with Crippen molar-refractivity contribution in [2.45, 2.75) is 26.4 Å². The third-order valence-corrected chi connectivity index (χ3v) is 5.24. The quantitative estimate of drug-likeness (QED) is 0.682. The lowest BCUT2D eigenvalue weighted by Crippen LogP contribution is -2.48. The van der Waals surface area contributed by atoms with Crippen LogP contribution in [0, 0.1) is 0 Å². The maximum Gasteiger partial charge on any atom is 0.0237 e. The molecule has 0 spiro atoms. The molecule has 26 heavy (non-hydrogen) atoms. The average Bonchev–Trinajstić information content (AvgIpc) is 2.69. The van der Waals surface area contributed by atoms with Crippen LogP contribution in [0.3, 0.4) is 0 Å². The van der Waals surface area contributed by atoms with Crippen LogP contribution in [0.2, 0.25) is 0 Å². The maximum absolute atomic E-state index is 2.63. The van der Waals surface area contributed by atoms with Gasteiger partial charge in [0, 0.05) is 52.4 Å². The summed E-state index contributed by atoms with van der Waals surface area (Å²) in [7, 11) is 0. The lowest BCUT2D eigenvalue weighted by molar-refractivity contribution is 0.115. The summed E-state index contributed by atoms with van der Waals surface area (Å²) in [5.41, 5.74) is 2.80. The maximum atomic E-state index is 2.63. The molecule has 0 unspecified atom stereocenters. The van der Waals surface area contributed by atoms with E-state index in [-0.39, 0.29) is 0 Å². The first-order chi connectivity index (χ1) is 12.8. The Labute approximate surface area is 159 Å². The van der Waals surface area contributed by atoms with Crippen LogP contribution >= 0.6 is 0 Å². The summed E-state index contributed by atoms with van der Waals surface area (Å²) in [6, 6.07) is 21.7. The number of piperazine rings is 1. The van der Waals surface area contributed by atoms with Crippen molar-refractivity contribution in [3.63, 3.8) is 0 Å². The average molecular weight is 352 g/mol. The molecule has 3 rings (SSSR count). The second-order valence-corrected chi connectivity index (χ2v) is 7.37. The molecule has 0 aliphatic carbocycles. The lowest BCUT2D eigenvalue weighted by Gasteiger charge is -2.35. The molecule has 140 valence electrons. The molecule has 0 N–H and O–H groups in total. The highest BCUT2D eigenvalue weighted by Crippen LogP contribution is 2.11. The van der Waals surface area contributed by atoms with Gasteiger partial charge in [0.1, 0.15) is 0 Å². The van der Waals surface area contributed by atoms with E-state index in [2.05, 4.69) is 82.3 Å². The van der Waals surface area contributed by atoms with Gasteiger partial charge in [-0.25, -0.2) is 0 Å². The molecule has 1 aliphatic rings. The molecule has 1 heterocycles. The Morgan fingerprint density at radius 2 is 1.15 bits per heavy atom. The summed E-state index contributed by atoms with van der Waals surface area (Å²) in [6.07, 6.45) is 1.27. The number of hydrogen-bond acceptors (Lipinski definition) is 3. The summed E-state index contributed by atoms with van der Waals surface area (Å²) in [5, 5.41) is 0. The third kappa shape index (κ3) is 6.24. The molecule has 2 aromatic rings. The molecule has 0 aromatic heterocycles. The minimum Gasteiger partial charge on any atom is -0.301 e. The van der Waals surface area contributed by atoms with Crippen LogP contribution in [0.15, 0.2) is 60.7 Å². The van der Waals surface area contributed by atoms with Crippen molar-refractivity contribution in [3.8, 4) is 0 Å². The summed E-state index contributed by atoms with van der Waals surface area (Å²) in [5.74, 6) is 0. The first-order valence-electron chi connectivity index (χ1n) is 10.1. The van der Waals surface area contributed by atoms with Gasteiger partial charge in [-0.1, -0.05) is 67.6 Å². The topological polar surface area (TPSA) is 9.72 Å². The molecule has 0 amide bonds. The van der Waals surface area contributed by atoms with E-state index in [4.69, 9.17) is 0 Å². The number of hydrogen-bond donors (Lipinski definition) is 0. The van der Waals surface area contributed by atoms with Crippen molar-refractivity contribution in [1.82, 2.24) is 14.7 Å². The highest BCUT2D eigenvalue weighted by molar-refractivity contribution is 5.17. The van der Waals surface area contributed by atoms with Crippen LogP contribution in [-0.2, 0) is 13.1 Å². The Bertz CT molecular complexity index is 564. The predicted molar refractivity (Wildman–Crippen MR) is 110 cm³/mol. The van der Waals surface area contributed by atoms with Crippen LogP contribution in [0.4, 0.5) is 0 Å². The minimum atomic E-state index is 1.02. The monoisotopic (exact) mass is 351 g/mol. The molecular weight excluding hydrogens is 318 g/mol. The van der Waals surface area contributed by atoms with Crippen molar-refractivity contribution >= 4 is 0 Å². The molecule has 3 nitrogen and oxygen atoms in total. The molecule has 0 bridgehead atoms. The van der Waals surface area contributed by atoms with Gasteiger partial charge in [0.15, 0.2) is 0 Å². The van der Waals surface area contributed by atoms with Gasteiger partial charge in [0.2, 0.25) is 0 Å². The van der Waals surface area contributed by atoms with Crippen molar-refractivity contribution in [2.24, 2.45) is 0 Å². The van der Waals surface area contributed by atoms with Gasteiger partial charge >= 0.3 is 0 Å². The zero-order valence-corrected chi connectivity index (χ0v) is 16.2. The lowest BCUT2D eigenvalue weighted by atomic mass is 10.1. The number of benzene rings is 2. The summed E-state index contributed by atoms with van der Waals surface area (Å²) in [6.45, 7) is 12.7. The Morgan fingerprint density at radius 1 is 0.692 bits per heavy atom. The molecule has 0 atom stereocenters. The second kappa shape index (κ2) is 10.5. The Morgan fingerprint density at radius 3 is 1.62 bits per heavy atom. The zero-order chi connectivity index (χ0) is 18.0. The summed E-state index contributed by atoms with van der Waals surface area (Å²) < 4.78 is 0. The molecule has 0 saturated carbocycles. The molecule has 3 heteroatoms. The van der Waals surface area contributed by atoms with Gasteiger partial charge in [-0.15, -0.1) is 0 Å². The van der Waals surface area contributed by atoms with Gasteiger partial charge in [0.25, 0.3) is 0 Å². The van der Waals surface area contributed by atoms with Gasteiger partial charge in [-0.3, -0.25) is 9.80 Å². The Hall–Kier alpha value is -1.68. The fourth-order valence-electron chi connectivity index (χ4n) is 3.73. The van der Waals surface area contributed by atoms with Crippen LogP contribution in [-0.4, -0.2) is 60.5 Å². The minimum absolute atomic E-state index is 1.02. The van der Waals surface area contributed by atoms with Crippen LogP contribution in [0.25, 0.3) is 0 Å². The Balaban J connectivity index is 1.53. The van der Waals surface area contributed by atoms with Crippen LogP contribution in [0.5, 0.6) is 0 Å². The standard InChI is InChI=1S/C23H33N3/c1-2-13-24-14-16-25(17-15-24)18-19-26(20-22-9-5-3-6-10-22)21-23-11-7-4-8-12-23/h3-12H,2,13-21H2,1H3. The van der Waals surface area contributed by atoms with E-state index in [1.807, 2.05) is 0 Å². The largest absolute Gasteiger partial charge is 0.301 e. The third-order valence-electron chi connectivity index (χ3n) is 5.24. The predicted octanol–water partition coefficient (Wildman–Crippen LogP) is 3.72. The molecule has 0 radical (unpaired) electrons. The van der Waals surface area contributed by atoms with E-state index < -0.39 is 0 Å². The molecular formula is C23H33N3.